The van der Waals surface area contributed by atoms with Crippen molar-refractivity contribution in [2.24, 2.45) is 5.41 Å². The van der Waals surface area contributed by atoms with Crippen molar-refractivity contribution in [3.63, 3.8) is 0 Å². The van der Waals surface area contributed by atoms with E-state index in [4.69, 9.17) is 0 Å². The van der Waals surface area contributed by atoms with Crippen molar-refractivity contribution in [1.29, 1.82) is 0 Å². The van der Waals surface area contributed by atoms with Gasteiger partial charge in [-0.25, -0.2) is 0 Å². The monoisotopic (exact) mass is 231 g/mol. The molecule has 0 fully saturated rings. The van der Waals surface area contributed by atoms with Crippen LogP contribution in [0, 0.1) is 5.41 Å². The van der Waals surface area contributed by atoms with E-state index in [1.54, 1.807) is 11.1 Å². The third kappa shape index (κ3) is 3.32. The Morgan fingerprint density at radius 1 is 1.18 bits per heavy atom. The Hall–Kier alpha value is -0.820. The molecule has 0 bridgehead atoms. The summed E-state index contributed by atoms with van der Waals surface area (Å²) in [5, 5.41) is 3.56. The van der Waals surface area contributed by atoms with E-state index in [-0.39, 0.29) is 5.41 Å². The molecule has 0 unspecified atom stereocenters. The lowest BCUT2D eigenvalue weighted by Gasteiger charge is -2.21. The summed E-state index contributed by atoms with van der Waals surface area (Å²) in [6.45, 7) is 9.11. The van der Waals surface area contributed by atoms with Crippen LogP contribution < -0.4 is 5.32 Å². The van der Waals surface area contributed by atoms with Crippen LogP contribution >= 0.6 is 0 Å². The molecule has 0 radical (unpaired) electrons. The van der Waals surface area contributed by atoms with Crippen molar-refractivity contribution in [3.05, 3.63) is 34.9 Å². The SMILES string of the molecule is CC(C)(C)C1=CC2=C(CC=C1)CCCCNC2. The maximum absolute atomic E-state index is 3.56. The molecule has 0 atom stereocenters. The molecule has 0 amide bonds. The summed E-state index contributed by atoms with van der Waals surface area (Å²) in [5.41, 5.74) is 4.90. The van der Waals surface area contributed by atoms with Crippen molar-refractivity contribution in [2.75, 3.05) is 13.1 Å². The molecule has 1 heterocycles. The summed E-state index contributed by atoms with van der Waals surface area (Å²) in [4.78, 5) is 0. The summed E-state index contributed by atoms with van der Waals surface area (Å²) >= 11 is 0. The summed E-state index contributed by atoms with van der Waals surface area (Å²) in [5.74, 6) is 0. The zero-order chi connectivity index (χ0) is 12.3. The molecule has 0 aromatic heterocycles. The fraction of sp³-hybridized carbons (Fsp3) is 0.625. The third-order valence-corrected chi connectivity index (χ3v) is 3.71. The van der Waals surface area contributed by atoms with Crippen LogP contribution in [-0.2, 0) is 0 Å². The largest absolute Gasteiger partial charge is 0.313 e. The summed E-state index contributed by atoms with van der Waals surface area (Å²) in [6.07, 6.45) is 12.2. The topological polar surface area (TPSA) is 12.0 Å². The molecule has 2 aliphatic rings. The van der Waals surface area contributed by atoms with Crippen LogP contribution in [0.2, 0.25) is 0 Å². The Labute approximate surface area is 106 Å². The van der Waals surface area contributed by atoms with Gasteiger partial charge >= 0.3 is 0 Å². The van der Waals surface area contributed by atoms with Gasteiger partial charge < -0.3 is 5.32 Å². The van der Waals surface area contributed by atoms with E-state index in [1.807, 2.05) is 0 Å². The van der Waals surface area contributed by atoms with E-state index in [0.717, 1.165) is 13.0 Å². The average Bonchev–Trinajstić information content (AvgIpc) is 2.39. The van der Waals surface area contributed by atoms with E-state index in [9.17, 15) is 0 Å². The van der Waals surface area contributed by atoms with Crippen LogP contribution in [0.1, 0.15) is 46.5 Å². The predicted octanol–water partition coefficient (Wildman–Crippen LogP) is 3.99. The van der Waals surface area contributed by atoms with Gasteiger partial charge in [-0.15, -0.1) is 0 Å². The third-order valence-electron chi connectivity index (χ3n) is 3.71. The van der Waals surface area contributed by atoms with Gasteiger partial charge in [0.25, 0.3) is 0 Å². The molecule has 1 N–H and O–H groups in total. The smallest absolute Gasteiger partial charge is 0.0205 e. The molecular formula is C16H25N. The van der Waals surface area contributed by atoms with Crippen LogP contribution in [0.4, 0.5) is 0 Å². The van der Waals surface area contributed by atoms with E-state index in [0.29, 0.717) is 0 Å². The van der Waals surface area contributed by atoms with Crippen LogP contribution in [0.15, 0.2) is 34.9 Å². The first kappa shape index (κ1) is 12.6. The standard InChI is InChI=1S/C16H25N/c1-16(2,3)15-9-6-8-13-7-4-5-10-17-12-14(13)11-15/h6,9,11,17H,4-5,7-8,10,12H2,1-3H3. The highest BCUT2D eigenvalue weighted by Crippen LogP contribution is 2.32. The first-order chi connectivity index (χ1) is 8.07. The maximum atomic E-state index is 3.56. The Bertz CT molecular complexity index is 363. The van der Waals surface area contributed by atoms with E-state index in [2.05, 4.69) is 44.3 Å². The van der Waals surface area contributed by atoms with E-state index in [1.165, 1.54) is 31.4 Å². The molecule has 94 valence electrons. The van der Waals surface area contributed by atoms with Crippen LogP contribution in [0.3, 0.4) is 0 Å². The van der Waals surface area contributed by atoms with Gasteiger partial charge in [0.1, 0.15) is 0 Å². The second-order valence-electron chi connectivity index (χ2n) is 6.22. The number of allylic oxidation sites excluding steroid dienone is 4. The molecule has 2 rings (SSSR count). The number of hydrogen-bond donors (Lipinski definition) is 1. The minimum Gasteiger partial charge on any atom is -0.313 e. The van der Waals surface area contributed by atoms with Gasteiger partial charge in [0.15, 0.2) is 0 Å². The van der Waals surface area contributed by atoms with Gasteiger partial charge in [-0.05, 0) is 48.8 Å². The Kier molecular flexibility index (Phi) is 3.88. The van der Waals surface area contributed by atoms with Crippen LogP contribution in [-0.4, -0.2) is 13.1 Å². The molecule has 1 aliphatic carbocycles. The average molecular weight is 231 g/mol. The zero-order valence-electron chi connectivity index (χ0n) is 11.5. The van der Waals surface area contributed by atoms with Crippen LogP contribution in [0.5, 0.6) is 0 Å². The van der Waals surface area contributed by atoms with Crippen molar-refractivity contribution in [1.82, 2.24) is 5.32 Å². The second kappa shape index (κ2) is 5.22. The Morgan fingerprint density at radius 3 is 2.76 bits per heavy atom. The van der Waals surface area contributed by atoms with Crippen molar-refractivity contribution < 1.29 is 0 Å². The predicted molar refractivity (Wildman–Crippen MR) is 75.0 cm³/mol. The second-order valence-corrected chi connectivity index (χ2v) is 6.22. The van der Waals surface area contributed by atoms with Crippen molar-refractivity contribution >= 4 is 0 Å². The molecule has 1 aliphatic heterocycles. The first-order valence-corrected chi connectivity index (χ1v) is 6.88. The number of nitrogens with one attached hydrogen (secondary N) is 1. The highest BCUT2D eigenvalue weighted by molar-refractivity contribution is 5.41. The Balaban J connectivity index is 2.30. The summed E-state index contributed by atoms with van der Waals surface area (Å²) in [6, 6.07) is 0. The van der Waals surface area contributed by atoms with Gasteiger partial charge in [-0.2, -0.15) is 0 Å². The van der Waals surface area contributed by atoms with Gasteiger partial charge in [0.05, 0.1) is 0 Å². The molecule has 0 saturated carbocycles. The highest BCUT2D eigenvalue weighted by atomic mass is 14.8. The minimum atomic E-state index is 0.251. The van der Waals surface area contributed by atoms with Gasteiger partial charge in [-0.1, -0.05) is 44.6 Å². The molecule has 1 heteroatoms. The van der Waals surface area contributed by atoms with E-state index < -0.39 is 0 Å². The lowest BCUT2D eigenvalue weighted by molar-refractivity contribution is 0.516. The van der Waals surface area contributed by atoms with Gasteiger partial charge in [-0.3, -0.25) is 0 Å². The zero-order valence-corrected chi connectivity index (χ0v) is 11.5. The van der Waals surface area contributed by atoms with Gasteiger partial charge in [0, 0.05) is 6.54 Å². The number of hydrogen-bond acceptors (Lipinski definition) is 1. The molecule has 17 heavy (non-hydrogen) atoms. The van der Waals surface area contributed by atoms with Gasteiger partial charge in [0.2, 0.25) is 0 Å². The first-order valence-electron chi connectivity index (χ1n) is 6.88. The normalized spacial score (nSPS) is 22.4. The van der Waals surface area contributed by atoms with Crippen molar-refractivity contribution in [2.45, 2.75) is 46.5 Å². The quantitative estimate of drug-likeness (QED) is 0.664. The molecule has 1 nitrogen and oxygen atoms in total. The number of rotatable bonds is 0. The molecular weight excluding hydrogens is 206 g/mol. The molecule has 0 aromatic carbocycles. The van der Waals surface area contributed by atoms with Crippen molar-refractivity contribution in [3.8, 4) is 0 Å². The molecule has 0 spiro atoms. The minimum absolute atomic E-state index is 0.251. The molecule has 0 aromatic rings. The fourth-order valence-electron chi connectivity index (χ4n) is 2.51. The molecule has 0 saturated heterocycles. The lowest BCUT2D eigenvalue weighted by atomic mass is 9.85. The maximum Gasteiger partial charge on any atom is 0.0205 e. The summed E-state index contributed by atoms with van der Waals surface area (Å²) in [7, 11) is 0. The highest BCUT2D eigenvalue weighted by Gasteiger charge is 2.18. The fourth-order valence-corrected chi connectivity index (χ4v) is 2.51. The lowest BCUT2D eigenvalue weighted by Crippen LogP contribution is -2.21. The van der Waals surface area contributed by atoms with E-state index >= 15 is 0 Å². The van der Waals surface area contributed by atoms with Crippen LogP contribution in [0.25, 0.3) is 0 Å². The Morgan fingerprint density at radius 2 is 2.00 bits per heavy atom. The summed E-state index contributed by atoms with van der Waals surface area (Å²) < 4.78 is 0.